The van der Waals surface area contributed by atoms with Crippen LogP contribution in [0.15, 0.2) is 42.5 Å². The molecule has 0 aliphatic carbocycles. The number of halogens is 4. The highest BCUT2D eigenvalue weighted by Crippen LogP contribution is 2.26. The topological polar surface area (TPSA) is 30.5 Å². The number of rotatable bonds is 6. The summed E-state index contributed by atoms with van der Waals surface area (Å²) in [5.41, 5.74) is 1.30. The summed E-state index contributed by atoms with van der Waals surface area (Å²) in [6.45, 7) is -1.01. The highest BCUT2D eigenvalue weighted by Gasteiger charge is 2.28. The first kappa shape index (κ1) is 16.9. The van der Waals surface area contributed by atoms with Crippen LogP contribution in [0.5, 0.6) is 11.5 Å². The van der Waals surface area contributed by atoms with Gasteiger partial charge in [0.25, 0.3) is 0 Å². The molecule has 0 heterocycles. The molecule has 1 N–H and O–H groups in total. The lowest BCUT2D eigenvalue weighted by Crippen LogP contribution is -2.19. The summed E-state index contributed by atoms with van der Waals surface area (Å²) < 4.78 is 59.3. The zero-order chi connectivity index (χ0) is 16.9. The third-order valence-corrected chi connectivity index (χ3v) is 2.95. The molecule has 7 heteroatoms. The van der Waals surface area contributed by atoms with Crippen LogP contribution in [0.25, 0.3) is 0 Å². The molecule has 23 heavy (non-hydrogen) atoms. The molecule has 2 aromatic carbocycles. The fourth-order valence-corrected chi connectivity index (χ4v) is 1.92. The van der Waals surface area contributed by atoms with E-state index in [1.165, 1.54) is 37.4 Å². The van der Waals surface area contributed by atoms with Crippen molar-refractivity contribution in [2.45, 2.75) is 12.7 Å². The van der Waals surface area contributed by atoms with E-state index in [1.807, 2.05) is 0 Å². The van der Waals surface area contributed by atoms with Crippen molar-refractivity contribution in [1.29, 1.82) is 0 Å². The maximum atomic E-state index is 13.1. The number of ether oxygens (including phenoxy) is 2. The number of anilines is 1. The molecule has 0 fully saturated rings. The first-order chi connectivity index (χ1) is 10.9. The van der Waals surface area contributed by atoms with Gasteiger partial charge in [-0.3, -0.25) is 0 Å². The van der Waals surface area contributed by atoms with Crippen LogP contribution in [0.2, 0.25) is 0 Å². The average molecular weight is 329 g/mol. The highest BCUT2D eigenvalue weighted by molar-refractivity contribution is 5.56. The maximum Gasteiger partial charge on any atom is 0.422 e. The van der Waals surface area contributed by atoms with E-state index >= 15 is 0 Å². The lowest BCUT2D eigenvalue weighted by atomic mass is 10.2. The second-order valence-electron chi connectivity index (χ2n) is 4.75. The lowest BCUT2D eigenvalue weighted by Gasteiger charge is -2.13. The van der Waals surface area contributed by atoms with Gasteiger partial charge in [-0.25, -0.2) is 4.39 Å². The van der Waals surface area contributed by atoms with Crippen LogP contribution < -0.4 is 14.8 Å². The minimum Gasteiger partial charge on any atom is -0.494 e. The second-order valence-corrected chi connectivity index (χ2v) is 4.75. The van der Waals surface area contributed by atoms with Gasteiger partial charge in [-0.05, 0) is 29.8 Å². The Morgan fingerprint density at radius 3 is 2.57 bits per heavy atom. The predicted molar refractivity (Wildman–Crippen MR) is 78.3 cm³/mol. The molecule has 0 saturated carbocycles. The van der Waals surface area contributed by atoms with Gasteiger partial charge in [0, 0.05) is 12.6 Å². The molecule has 124 valence electrons. The van der Waals surface area contributed by atoms with E-state index in [0.717, 1.165) is 5.56 Å². The molecule has 0 spiro atoms. The van der Waals surface area contributed by atoms with E-state index in [-0.39, 0.29) is 5.75 Å². The van der Waals surface area contributed by atoms with Crippen LogP contribution in [0, 0.1) is 5.82 Å². The van der Waals surface area contributed by atoms with Gasteiger partial charge in [-0.2, -0.15) is 13.2 Å². The maximum absolute atomic E-state index is 13.1. The molecule has 0 atom stereocenters. The summed E-state index contributed by atoms with van der Waals surface area (Å²) in [7, 11) is 1.42. The Kier molecular flexibility index (Phi) is 5.31. The zero-order valence-corrected chi connectivity index (χ0v) is 12.3. The Morgan fingerprint density at radius 2 is 1.87 bits per heavy atom. The second kappa shape index (κ2) is 7.21. The molecule has 2 rings (SSSR count). The summed E-state index contributed by atoms with van der Waals surface area (Å²) in [4.78, 5) is 0. The van der Waals surface area contributed by atoms with E-state index in [9.17, 15) is 17.6 Å². The van der Waals surface area contributed by atoms with Crippen molar-refractivity contribution in [3.05, 3.63) is 53.8 Å². The number of benzene rings is 2. The third kappa shape index (κ3) is 5.36. The third-order valence-electron chi connectivity index (χ3n) is 2.95. The smallest absolute Gasteiger partial charge is 0.422 e. The van der Waals surface area contributed by atoms with Gasteiger partial charge in [0.2, 0.25) is 0 Å². The molecule has 0 saturated heterocycles. The molecule has 0 aliphatic rings. The van der Waals surface area contributed by atoms with Crippen molar-refractivity contribution in [2.75, 3.05) is 19.0 Å². The minimum absolute atomic E-state index is 0.132. The average Bonchev–Trinajstić information content (AvgIpc) is 2.51. The summed E-state index contributed by atoms with van der Waals surface area (Å²) in [5, 5.41) is 3.04. The van der Waals surface area contributed by atoms with Crippen molar-refractivity contribution in [3.63, 3.8) is 0 Å². The van der Waals surface area contributed by atoms with Gasteiger partial charge in [0.1, 0.15) is 17.3 Å². The van der Waals surface area contributed by atoms with Crippen molar-refractivity contribution < 1.29 is 27.0 Å². The van der Waals surface area contributed by atoms with Crippen LogP contribution >= 0.6 is 0 Å². The molecule has 0 amide bonds. The van der Waals surface area contributed by atoms with E-state index < -0.39 is 18.6 Å². The SMILES string of the molecule is COc1cc(F)ccc1NCc1cccc(OCC(F)(F)F)c1. The van der Waals surface area contributed by atoms with Gasteiger partial charge in [0.15, 0.2) is 6.61 Å². The highest BCUT2D eigenvalue weighted by atomic mass is 19.4. The van der Waals surface area contributed by atoms with Crippen LogP contribution in [0.4, 0.5) is 23.2 Å². The molecule has 3 nitrogen and oxygen atoms in total. The molecule has 0 bridgehead atoms. The summed E-state index contributed by atoms with van der Waals surface area (Å²) >= 11 is 0. The van der Waals surface area contributed by atoms with Crippen LogP contribution in [-0.4, -0.2) is 19.9 Å². The van der Waals surface area contributed by atoms with Gasteiger partial charge in [-0.15, -0.1) is 0 Å². The first-order valence-corrected chi connectivity index (χ1v) is 6.73. The van der Waals surface area contributed by atoms with E-state index in [0.29, 0.717) is 18.0 Å². The summed E-state index contributed by atoms with van der Waals surface area (Å²) in [5.74, 6) is 0.0529. The number of hydrogen-bond donors (Lipinski definition) is 1. The summed E-state index contributed by atoms with van der Waals surface area (Å²) in [6, 6.07) is 10.4. The standard InChI is InChI=1S/C16H15F4NO2/c1-22-15-8-12(17)5-6-14(15)21-9-11-3-2-4-13(7-11)23-10-16(18,19)20/h2-8,21H,9-10H2,1H3. The molecule has 2 aromatic rings. The van der Waals surface area contributed by atoms with Gasteiger partial charge in [0.05, 0.1) is 12.8 Å². The Bertz CT molecular complexity index is 659. The molecular weight excluding hydrogens is 314 g/mol. The molecule has 0 aromatic heterocycles. The van der Waals surface area contributed by atoms with Gasteiger partial charge in [-0.1, -0.05) is 12.1 Å². The number of hydrogen-bond acceptors (Lipinski definition) is 3. The lowest BCUT2D eigenvalue weighted by molar-refractivity contribution is -0.153. The van der Waals surface area contributed by atoms with E-state index in [1.54, 1.807) is 12.1 Å². The minimum atomic E-state index is -4.38. The van der Waals surface area contributed by atoms with Crippen LogP contribution in [0.1, 0.15) is 5.56 Å². The quantitative estimate of drug-likeness (QED) is 0.798. The zero-order valence-electron chi connectivity index (χ0n) is 12.3. The van der Waals surface area contributed by atoms with Crippen molar-refractivity contribution in [1.82, 2.24) is 0 Å². The Hall–Kier alpha value is -2.44. The van der Waals surface area contributed by atoms with Crippen molar-refractivity contribution in [3.8, 4) is 11.5 Å². The Labute approximate surface area is 130 Å². The number of nitrogens with one attached hydrogen (secondary N) is 1. The first-order valence-electron chi connectivity index (χ1n) is 6.73. The van der Waals surface area contributed by atoms with Crippen molar-refractivity contribution >= 4 is 5.69 Å². The molecule has 0 unspecified atom stereocenters. The molecule has 0 aliphatic heterocycles. The van der Waals surface area contributed by atoms with Crippen molar-refractivity contribution in [2.24, 2.45) is 0 Å². The Morgan fingerprint density at radius 1 is 1.09 bits per heavy atom. The van der Waals surface area contributed by atoms with E-state index in [4.69, 9.17) is 9.47 Å². The van der Waals surface area contributed by atoms with Gasteiger partial charge >= 0.3 is 6.18 Å². The molecular formula is C16H15F4NO2. The fourth-order valence-electron chi connectivity index (χ4n) is 1.92. The largest absolute Gasteiger partial charge is 0.494 e. The fraction of sp³-hybridized carbons (Fsp3) is 0.250. The predicted octanol–water partition coefficient (Wildman–Crippen LogP) is 4.39. The van der Waals surface area contributed by atoms with Gasteiger partial charge < -0.3 is 14.8 Å². The normalized spacial score (nSPS) is 11.2. The number of methoxy groups -OCH3 is 1. The Balaban J connectivity index is 2.01. The number of alkyl halides is 3. The van der Waals surface area contributed by atoms with Crippen LogP contribution in [0.3, 0.4) is 0 Å². The molecule has 0 radical (unpaired) electrons. The summed E-state index contributed by atoms with van der Waals surface area (Å²) in [6.07, 6.45) is -4.38. The monoisotopic (exact) mass is 329 g/mol. The van der Waals surface area contributed by atoms with E-state index in [2.05, 4.69) is 5.32 Å². The van der Waals surface area contributed by atoms with Crippen LogP contribution in [-0.2, 0) is 6.54 Å².